The minimum absolute atomic E-state index is 0.0428. The molecule has 0 aromatic heterocycles. The van der Waals surface area contributed by atoms with E-state index in [-0.39, 0.29) is 12.4 Å². The van der Waals surface area contributed by atoms with E-state index in [1.165, 1.54) is 6.07 Å². The van der Waals surface area contributed by atoms with Gasteiger partial charge in [-0.05, 0) is 18.2 Å². The van der Waals surface area contributed by atoms with Gasteiger partial charge in [-0.25, -0.2) is 0 Å². The SMILES string of the molecule is O=CCOc1ccc(Cl)c(C(F)(F)F)c1. The molecule has 1 rings (SSSR count). The first-order valence-electron chi connectivity index (χ1n) is 3.88. The molecule has 1 aromatic carbocycles. The third kappa shape index (κ3) is 3.13. The van der Waals surface area contributed by atoms with E-state index in [9.17, 15) is 18.0 Å². The van der Waals surface area contributed by atoms with Crippen LogP contribution >= 0.6 is 11.6 Å². The van der Waals surface area contributed by atoms with Gasteiger partial charge < -0.3 is 4.74 Å². The van der Waals surface area contributed by atoms with Gasteiger partial charge in [0.15, 0.2) is 6.29 Å². The number of alkyl halides is 3. The fraction of sp³-hybridized carbons (Fsp3) is 0.222. The van der Waals surface area contributed by atoms with Gasteiger partial charge in [0.2, 0.25) is 0 Å². The van der Waals surface area contributed by atoms with E-state index in [1.54, 1.807) is 0 Å². The third-order valence-electron chi connectivity index (χ3n) is 1.56. The fourth-order valence-electron chi connectivity index (χ4n) is 0.942. The lowest BCUT2D eigenvalue weighted by Gasteiger charge is -2.10. The van der Waals surface area contributed by atoms with Gasteiger partial charge in [0.1, 0.15) is 12.4 Å². The lowest BCUT2D eigenvalue weighted by molar-refractivity contribution is -0.137. The number of carbonyl (C=O) groups is 1. The summed E-state index contributed by atoms with van der Waals surface area (Å²) in [4.78, 5) is 9.95. The average molecular weight is 239 g/mol. The Balaban J connectivity index is 3.00. The van der Waals surface area contributed by atoms with Gasteiger partial charge in [-0.2, -0.15) is 13.2 Å². The minimum atomic E-state index is -4.53. The van der Waals surface area contributed by atoms with E-state index in [0.29, 0.717) is 6.29 Å². The zero-order valence-corrected chi connectivity index (χ0v) is 8.10. The molecule has 1 aromatic rings. The van der Waals surface area contributed by atoms with Crippen molar-refractivity contribution in [3.05, 3.63) is 28.8 Å². The van der Waals surface area contributed by atoms with Gasteiger partial charge in [-0.3, -0.25) is 4.79 Å². The number of ether oxygens (including phenoxy) is 1. The first-order chi connectivity index (χ1) is 6.95. The summed E-state index contributed by atoms with van der Waals surface area (Å²) >= 11 is 5.37. The molecule has 2 nitrogen and oxygen atoms in total. The number of aldehydes is 1. The van der Waals surface area contributed by atoms with Crippen LogP contribution < -0.4 is 4.74 Å². The molecule has 0 fully saturated rings. The summed E-state index contributed by atoms with van der Waals surface area (Å²) in [6.45, 7) is -0.293. The molecule has 0 saturated carbocycles. The summed E-state index contributed by atoms with van der Waals surface area (Å²) in [7, 11) is 0. The van der Waals surface area contributed by atoms with Crippen LogP contribution in [-0.4, -0.2) is 12.9 Å². The maximum absolute atomic E-state index is 12.3. The Morgan fingerprint density at radius 3 is 2.60 bits per heavy atom. The second-order valence-electron chi connectivity index (χ2n) is 2.62. The Morgan fingerprint density at radius 1 is 1.40 bits per heavy atom. The van der Waals surface area contributed by atoms with Crippen molar-refractivity contribution < 1.29 is 22.7 Å². The van der Waals surface area contributed by atoms with Crippen molar-refractivity contribution in [2.24, 2.45) is 0 Å². The summed E-state index contributed by atoms with van der Waals surface area (Å²) in [5.74, 6) is -0.0428. The predicted octanol–water partition coefficient (Wildman–Crippen LogP) is 2.94. The number of rotatable bonds is 3. The minimum Gasteiger partial charge on any atom is -0.486 e. The molecule has 82 valence electrons. The topological polar surface area (TPSA) is 26.3 Å². The highest BCUT2D eigenvalue weighted by Crippen LogP contribution is 2.36. The van der Waals surface area contributed by atoms with Crippen LogP contribution in [0.1, 0.15) is 5.56 Å². The van der Waals surface area contributed by atoms with Crippen LogP contribution in [0.25, 0.3) is 0 Å². The van der Waals surface area contributed by atoms with Crippen LogP contribution in [0, 0.1) is 0 Å². The van der Waals surface area contributed by atoms with Crippen LogP contribution in [0.15, 0.2) is 18.2 Å². The summed E-state index contributed by atoms with van der Waals surface area (Å²) in [5, 5.41) is -0.402. The molecule has 15 heavy (non-hydrogen) atoms. The van der Waals surface area contributed by atoms with Crippen molar-refractivity contribution in [1.82, 2.24) is 0 Å². The van der Waals surface area contributed by atoms with Crippen LogP contribution in [-0.2, 0) is 11.0 Å². The molecule has 0 heterocycles. The van der Waals surface area contributed by atoms with Crippen molar-refractivity contribution in [2.45, 2.75) is 6.18 Å². The van der Waals surface area contributed by atoms with E-state index in [4.69, 9.17) is 16.3 Å². The summed E-state index contributed by atoms with van der Waals surface area (Å²) in [5.41, 5.74) is -0.979. The molecule has 0 radical (unpaired) electrons. The van der Waals surface area contributed by atoms with E-state index >= 15 is 0 Å². The number of benzene rings is 1. The molecule has 0 aliphatic carbocycles. The smallest absolute Gasteiger partial charge is 0.417 e. The highest BCUT2D eigenvalue weighted by Gasteiger charge is 2.33. The summed E-state index contributed by atoms with van der Waals surface area (Å²) in [6, 6.07) is 3.09. The highest BCUT2D eigenvalue weighted by atomic mass is 35.5. The van der Waals surface area contributed by atoms with Crippen LogP contribution in [0.2, 0.25) is 5.02 Å². The van der Waals surface area contributed by atoms with E-state index in [1.807, 2.05) is 0 Å². The second kappa shape index (κ2) is 4.53. The molecule has 0 unspecified atom stereocenters. The summed E-state index contributed by atoms with van der Waals surface area (Å²) < 4.78 is 41.7. The Labute approximate surface area is 88.6 Å². The lowest BCUT2D eigenvalue weighted by Crippen LogP contribution is -2.07. The van der Waals surface area contributed by atoms with E-state index in [0.717, 1.165) is 12.1 Å². The van der Waals surface area contributed by atoms with Crippen LogP contribution in [0.5, 0.6) is 5.75 Å². The molecule has 0 atom stereocenters. The molecule has 0 amide bonds. The van der Waals surface area contributed by atoms with Gasteiger partial charge in [0.25, 0.3) is 0 Å². The Kier molecular flexibility index (Phi) is 3.57. The van der Waals surface area contributed by atoms with Crippen molar-refractivity contribution in [3.63, 3.8) is 0 Å². The van der Waals surface area contributed by atoms with Gasteiger partial charge in [0.05, 0.1) is 10.6 Å². The second-order valence-corrected chi connectivity index (χ2v) is 3.02. The lowest BCUT2D eigenvalue weighted by atomic mass is 10.2. The van der Waals surface area contributed by atoms with Crippen molar-refractivity contribution in [1.29, 1.82) is 0 Å². The highest BCUT2D eigenvalue weighted by molar-refractivity contribution is 6.31. The molecule has 0 N–H and O–H groups in total. The molecule has 0 spiro atoms. The van der Waals surface area contributed by atoms with E-state index < -0.39 is 16.8 Å². The molecule has 0 saturated heterocycles. The molecular formula is C9H6ClF3O2. The summed E-state index contributed by atoms with van der Waals surface area (Å²) in [6.07, 6.45) is -4.08. The van der Waals surface area contributed by atoms with Gasteiger partial charge in [0, 0.05) is 0 Å². The zero-order valence-electron chi connectivity index (χ0n) is 7.34. The maximum Gasteiger partial charge on any atom is 0.417 e. The standard InChI is InChI=1S/C9H6ClF3O2/c10-8-2-1-6(15-4-3-14)5-7(8)9(11,12)13/h1-3,5H,4H2. The average Bonchev–Trinajstić information content (AvgIpc) is 2.15. The molecular weight excluding hydrogens is 233 g/mol. The fourth-order valence-corrected chi connectivity index (χ4v) is 1.17. The largest absolute Gasteiger partial charge is 0.486 e. The van der Waals surface area contributed by atoms with Crippen molar-refractivity contribution in [3.8, 4) is 5.75 Å². The number of halogens is 4. The van der Waals surface area contributed by atoms with Crippen LogP contribution in [0.3, 0.4) is 0 Å². The van der Waals surface area contributed by atoms with Crippen molar-refractivity contribution in [2.75, 3.05) is 6.61 Å². The first-order valence-corrected chi connectivity index (χ1v) is 4.26. The third-order valence-corrected chi connectivity index (χ3v) is 1.89. The normalized spacial score (nSPS) is 11.2. The van der Waals surface area contributed by atoms with Gasteiger partial charge in [-0.15, -0.1) is 0 Å². The zero-order chi connectivity index (χ0) is 11.5. The maximum atomic E-state index is 12.3. The van der Waals surface area contributed by atoms with Crippen molar-refractivity contribution >= 4 is 17.9 Å². The quantitative estimate of drug-likeness (QED) is 0.757. The number of carbonyl (C=O) groups excluding carboxylic acids is 1. The Bertz CT molecular complexity index is 363. The monoisotopic (exact) mass is 238 g/mol. The molecule has 6 heteroatoms. The predicted molar refractivity (Wildman–Crippen MR) is 48.0 cm³/mol. The number of hydrogen-bond acceptors (Lipinski definition) is 2. The molecule has 0 bridgehead atoms. The number of hydrogen-bond donors (Lipinski definition) is 0. The Hall–Kier alpha value is -1.23. The van der Waals surface area contributed by atoms with Crippen LogP contribution in [0.4, 0.5) is 13.2 Å². The molecule has 0 aliphatic heterocycles. The molecule has 0 aliphatic rings. The Morgan fingerprint density at radius 2 is 2.07 bits per heavy atom. The van der Waals surface area contributed by atoms with Gasteiger partial charge >= 0.3 is 6.18 Å². The first kappa shape index (κ1) is 11.8. The van der Waals surface area contributed by atoms with E-state index in [2.05, 4.69) is 0 Å². The van der Waals surface area contributed by atoms with Gasteiger partial charge in [-0.1, -0.05) is 11.6 Å².